The molecule has 3 aromatic carbocycles. The Kier molecular flexibility index (Phi) is 5.29. The van der Waals surface area contributed by atoms with Crippen LogP contribution in [0, 0.1) is 0 Å². The Morgan fingerprint density at radius 2 is 1.63 bits per heavy atom. The Bertz CT molecular complexity index is 1510. The van der Waals surface area contributed by atoms with E-state index in [1.807, 2.05) is 0 Å². The van der Waals surface area contributed by atoms with Crippen molar-refractivity contribution in [3.63, 3.8) is 0 Å². The molecule has 2 atom stereocenters. The van der Waals surface area contributed by atoms with E-state index >= 15 is 0 Å². The van der Waals surface area contributed by atoms with Gasteiger partial charge in [-0.05, 0) is 30.3 Å². The molecule has 0 unspecified atom stereocenters. The second-order valence-electron chi connectivity index (χ2n) is 7.91. The lowest BCUT2D eigenvalue weighted by Gasteiger charge is -2.34. The molecule has 10 heteroatoms. The van der Waals surface area contributed by atoms with Gasteiger partial charge in [0.05, 0.1) is 13.7 Å². The first kappa shape index (κ1) is 22.2. The Balaban J connectivity index is 1.66. The average Bonchev–Trinajstić information content (AvgIpc) is 2.85. The molecule has 0 spiro atoms. The number of hydrogen-bond donors (Lipinski definition) is 5. The van der Waals surface area contributed by atoms with Crippen molar-refractivity contribution in [3.05, 3.63) is 64.3 Å². The maximum atomic E-state index is 13.2. The Labute approximate surface area is 197 Å². The quantitative estimate of drug-likeness (QED) is 0.275. The van der Waals surface area contributed by atoms with Crippen molar-refractivity contribution in [2.24, 2.45) is 0 Å². The van der Waals surface area contributed by atoms with Crippen LogP contribution in [0.3, 0.4) is 0 Å². The van der Waals surface area contributed by atoms with Crippen molar-refractivity contribution in [3.8, 4) is 51.6 Å². The van der Waals surface area contributed by atoms with E-state index in [9.17, 15) is 30.3 Å². The molecule has 5 rings (SSSR count). The third-order valence-corrected chi connectivity index (χ3v) is 5.73. The third-order valence-electron chi connectivity index (χ3n) is 5.73. The minimum Gasteiger partial charge on any atom is -0.504 e. The van der Waals surface area contributed by atoms with E-state index in [1.165, 1.54) is 49.6 Å². The third kappa shape index (κ3) is 3.69. The molecule has 0 saturated heterocycles. The van der Waals surface area contributed by atoms with Gasteiger partial charge < -0.3 is 44.2 Å². The lowest BCUT2D eigenvalue weighted by atomic mass is 10.0. The summed E-state index contributed by atoms with van der Waals surface area (Å²) in [5.74, 6) is -1.12. The fourth-order valence-electron chi connectivity index (χ4n) is 4.00. The number of aliphatic hydroxyl groups is 1. The summed E-state index contributed by atoms with van der Waals surface area (Å²) in [6, 6.07) is 10.8. The monoisotopic (exact) mass is 480 g/mol. The van der Waals surface area contributed by atoms with Crippen LogP contribution >= 0.6 is 0 Å². The van der Waals surface area contributed by atoms with Crippen molar-refractivity contribution < 1.29 is 44.2 Å². The number of hydrogen-bond acceptors (Lipinski definition) is 10. The summed E-state index contributed by atoms with van der Waals surface area (Å²) in [4.78, 5) is 13.2. The molecule has 1 aliphatic rings. The van der Waals surface area contributed by atoms with Gasteiger partial charge in [0.1, 0.15) is 16.7 Å². The van der Waals surface area contributed by atoms with Gasteiger partial charge in [-0.1, -0.05) is 6.07 Å². The number of aliphatic hydroxyl groups excluding tert-OH is 1. The fourth-order valence-corrected chi connectivity index (χ4v) is 4.00. The molecule has 0 fully saturated rings. The van der Waals surface area contributed by atoms with Gasteiger partial charge in [0.15, 0.2) is 52.1 Å². The minimum absolute atomic E-state index is 0.00307. The van der Waals surface area contributed by atoms with Crippen LogP contribution < -0.4 is 19.6 Å². The molecular weight excluding hydrogens is 460 g/mol. The van der Waals surface area contributed by atoms with Gasteiger partial charge in [0, 0.05) is 23.3 Å². The summed E-state index contributed by atoms with van der Waals surface area (Å²) < 4.78 is 22.9. The summed E-state index contributed by atoms with van der Waals surface area (Å²) in [6.07, 6.45) is -1.86. The van der Waals surface area contributed by atoms with Crippen LogP contribution in [-0.2, 0) is 0 Å². The van der Waals surface area contributed by atoms with Crippen molar-refractivity contribution in [2.45, 2.75) is 12.2 Å². The molecule has 4 aromatic rings. The van der Waals surface area contributed by atoms with Gasteiger partial charge in [-0.25, -0.2) is 0 Å². The Morgan fingerprint density at radius 1 is 0.857 bits per heavy atom. The number of phenols is 4. The summed E-state index contributed by atoms with van der Waals surface area (Å²) >= 11 is 0. The number of benzene rings is 3. The second kappa shape index (κ2) is 8.33. The van der Waals surface area contributed by atoms with Crippen LogP contribution in [0.5, 0.6) is 40.2 Å². The maximum Gasteiger partial charge on any atom is 0.204 e. The van der Waals surface area contributed by atoms with Crippen molar-refractivity contribution >= 4 is 11.0 Å². The van der Waals surface area contributed by atoms with Crippen LogP contribution in [0.4, 0.5) is 0 Å². The Morgan fingerprint density at radius 3 is 2.34 bits per heavy atom. The van der Waals surface area contributed by atoms with Crippen LogP contribution in [0.25, 0.3) is 22.3 Å². The van der Waals surface area contributed by atoms with Crippen molar-refractivity contribution in [1.82, 2.24) is 0 Å². The van der Waals surface area contributed by atoms with Crippen LogP contribution in [-0.4, -0.2) is 45.4 Å². The highest BCUT2D eigenvalue weighted by Crippen LogP contribution is 2.49. The van der Waals surface area contributed by atoms with Crippen molar-refractivity contribution in [1.29, 1.82) is 0 Å². The summed E-state index contributed by atoms with van der Waals surface area (Å²) in [5.41, 5.74) is 0.284. The SMILES string of the molecule is COc1cc([C@@H]2Oc3c(c(O)cc4oc(-c5ccc(O)c(O)c5)cc(=O)c34)O[C@H]2CO)ccc1O. The normalized spacial score (nSPS) is 16.9. The number of rotatable bonds is 4. The first-order chi connectivity index (χ1) is 16.8. The van der Waals surface area contributed by atoms with E-state index < -0.39 is 30.0 Å². The van der Waals surface area contributed by atoms with E-state index in [-0.39, 0.29) is 51.2 Å². The molecule has 0 amide bonds. The van der Waals surface area contributed by atoms with E-state index in [1.54, 1.807) is 6.07 Å². The summed E-state index contributed by atoms with van der Waals surface area (Å²) in [5, 5.41) is 49.8. The van der Waals surface area contributed by atoms with Gasteiger partial charge in [-0.15, -0.1) is 0 Å². The highest BCUT2D eigenvalue weighted by atomic mass is 16.6. The van der Waals surface area contributed by atoms with Crippen LogP contribution in [0.15, 0.2) is 57.7 Å². The van der Waals surface area contributed by atoms with Gasteiger partial charge in [-0.3, -0.25) is 4.79 Å². The molecule has 0 bridgehead atoms. The lowest BCUT2D eigenvalue weighted by molar-refractivity contribution is -0.0130. The summed E-state index contributed by atoms with van der Waals surface area (Å²) in [7, 11) is 1.39. The zero-order valence-corrected chi connectivity index (χ0v) is 18.3. The molecule has 35 heavy (non-hydrogen) atoms. The average molecular weight is 480 g/mol. The first-order valence-electron chi connectivity index (χ1n) is 10.5. The maximum absolute atomic E-state index is 13.2. The predicted molar refractivity (Wildman–Crippen MR) is 122 cm³/mol. The Hall–Kier alpha value is -4.57. The number of fused-ring (bicyclic) bond motifs is 3. The van der Waals surface area contributed by atoms with E-state index in [4.69, 9.17) is 18.6 Å². The standard InChI is InChI=1S/C25H20O10/c1-32-19-7-12(3-5-14(19)28)23-21(10-26)34-24-17(31)9-20-22(25(24)35-23)16(30)8-18(33-20)11-2-4-13(27)15(29)6-11/h2-9,21,23,26-29,31H,10H2,1H3/t21-,23-/m0/s1. The van der Waals surface area contributed by atoms with Gasteiger partial charge in [-0.2, -0.15) is 0 Å². The molecule has 0 radical (unpaired) electrons. The predicted octanol–water partition coefficient (Wildman–Crippen LogP) is 3.16. The molecule has 0 aliphatic carbocycles. The molecule has 1 aromatic heterocycles. The highest BCUT2D eigenvalue weighted by molar-refractivity contribution is 5.90. The number of methoxy groups -OCH3 is 1. The smallest absolute Gasteiger partial charge is 0.204 e. The van der Waals surface area contributed by atoms with E-state index in [2.05, 4.69) is 0 Å². The summed E-state index contributed by atoms with van der Waals surface area (Å²) in [6.45, 7) is -0.470. The zero-order chi connectivity index (χ0) is 24.9. The highest BCUT2D eigenvalue weighted by Gasteiger charge is 2.37. The van der Waals surface area contributed by atoms with Gasteiger partial charge >= 0.3 is 0 Å². The van der Waals surface area contributed by atoms with Crippen molar-refractivity contribution in [2.75, 3.05) is 13.7 Å². The van der Waals surface area contributed by atoms with E-state index in [0.29, 0.717) is 11.1 Å². The number of phenolic OH excluding ortho intramolecular Hbond substituents is 4. The number of aromatic hydroxyl groups is 4. The molecule has 2 heterocycles. The van der Waals surface area contributed by atoms with Gasteiger partial charge in [0.25, 0.3) is 0 Å². The second-order valence-corrected chi connectivity index (χ2v) is 7.91. The topological polar surface area (TPSA) is 159 Å². The lowest BCUT2D eigenvalue weighted by Crippen LogP contribution is -2.36. The molecule has 10 nitrogen and oxygen atoms in total. The van der Waals surface area contributed by atoms with E-state index in [0.717, 1.165) is 0 Å². The molecule has 180 valence electrons. The first-order valence-corrected chi connectivity index (χ1v) is 10.5. The molecule has 1 aliphatic heterocycles. The molecular formula is C25H20O10. The largest absolute Gasteiger partial charge is 0.504 e. The zero-order valence-electron chi connectivity index (χ0n) is 18.3. The molecule has 0 saturated carbocycles. The minimum atomic E-state index is -0.939. The van der Waals surface area contributed by atoms with Gasteiger partial charge in [0.2, 0.25) is 5.75 Å². The van der Waals surface area contributed by atoms with Crippen LogP contribution in [0.2, 0.25) is 0 Å². The molecule has 5 N–H and O–H groups in total. The van der Waals surface area contributed by atoms with Crippen LogP contribution in [0.1, 0.15) is 11.7 Å². The fraction of sp³-hybridized carbons (Fsp3) is 0.160. The number of ether oxygens (including phenoxy) is 3.